The monoisotopic (exact) mass is 372 g/mol. The fourth-order valence-corrected chi connectivity index (χ4v) is 4.35. The molecule has 3 aromatic rings. The van der Waals surface area contributed by atoms with Crippen molar-refractivity contribution in [2.24, 2.45) is 0 Å². The standard InChI is InChI=1S/C21H26NO3S/c1-3-22(4-2,11-12-23)15-25-14-16-9-10-20-18(13-16)21(24)17-7-5-6-8-19(17)26-20/h5-10,13,23H,3-4,11-12,14-15H2,1-2H3/q+1. The molecule has 26 heavy (non-hydrogen) atoms. The molecule has 0 atom stereocenters. The summed E-state index contributed by atoms with van der Waals surface area (Å²) in [6.07, 6.45) is 0. The summed E-state index contributed by atoms with van der Waals surface area (Å²) >= 11 is 1.64. The fraction of sp³-hybridized carbons (Fsp3) is 0.381. The SMILES string of the molecule is CC[N+](CC)(CCO)COCc1ccc2sc3ccccc3c(=O)c2c1. The van der Waals surface area contributed by atoms with Crippen LogP contribution < -0.4 is 5.43 Å². The summed E-state index contributed by atoms with van der Waals surface area (Å²) < 4.78 is 8.72. The van der Waals surface area contributed by atoms with E-state index in [0.29, 0.717) is 19.9 Å². The highest BCUT2D eigenvalue weighted by Gasteiger charge is 2.22. The van der Waals surface area contributed by atoms with E-state index in [1.54, 1.807) is 11.3 Å². The number of ether oxygens (including phenoxy) is 1. The Balaban J connectivity index is 1.82. The molecule has 0 fully saturated rings. The smallest absolute Gasteiger partial charge is 0.195 e. The van der Waals surface area contributed by atoms with Crippen LogP contribution in [0.2, 0.25) is 0 Å². The number of benzene rings is 2. The van der Waals surface area contributed by atoms with Gasteiger partial charge in [0.25, 0.3) is 0 Å². The molecule has 0 aliphatic heterocycles. The molecule has 1 heterocycles. The zero-order valence-electron chi connectivity index (χ0n) is 15.4. The van der Waals surface area contributed by atoms with Crippen LogP contribution in [-0.2, 0) is 11.3 Å². The van der Waals surface area contributed by atoms with E-state index in [0.717, 1.165) is 43.3 Å². The zero-order chi connectivity index (χ0) is 18.6. The highest BCUT2D eigenvalue weighted by atomic mass is 32.1. The summed E-state index contributed by atoms with van der Waals surface area (Å²) in [5.74, 6) is 0. The Kier molecular flexibility index (Phi) is 6.04. The van der Waals surface area contributed by atoms with Crippen LogP contribution in [0.15, 0.2) is 47.3 Å². The predicted molar refractivity (Wildman–Crippen MR) is 109 cm³/mol. The molecular weight excluding hydrogens is 346 g/mol. The van der Waals surface area contributed by atoms with Crippen molar-refractivity contribution < 1.29 is 14.3 Å². The Morgan fingerprint density at radius 1 is 1.04 bits per heavy atom. The number of aliphatic hydroxyl groups is 1. The molecule has 2 aromatic carbocycles. The van der Waals surface area contributed by atoms with Crippen molar-refractivity contribution in [2.45, 2.75) is 20.5 Å². The number of rotatable bonds is 8. The molecular formula is C21H26NO3S+. The molecule has 0 bridgehead atoms. The lowest BCUT2D eigenvalue weighted by Crippen LogP contribution is -2.50. The van der Waals surface area contributed by atoms with Crippen molar-refractivity contribution >= 4 is 31.5 Å². The van der Waals surface area contributed by atoms with Gasteiger partial charge >= 0.3 is 0 Å². The average molecular weight is 373 g/mol. The second-order valence-electron chi connectivity index (χ2n) is 6.66. The van der Waals surface area contributed by atoms with Crippen LogP contribution in [0.1, 0.15) is 19.4 Å². The fourth-order valence-electron chi connectivity index (χ4n) is 3.30. The first-order chi connectivity index (χ1) is 12.6. The predicted octanol–water partition coefficient (Wildman–Crippen LogP) is 3.74. The lowest BCUT2D eigenvalue weighted by molar-refractivity contribution is -0.943. The Labute approximate surface area is 157 Å². The van der Waals surface area contributed by atoms with Gasteiger partial charge in [-0.25, -0.2) is 0 Å². The van der Waals surface area contributed by atoms with Gasteiger partial charge in [-0.1, -0.05) is 18.2 Å². The minimum Gasteiger partial charge on any atom is -0.391 e. The van der Waals surface area contributed by atoms with E-state index >= 15 is 0 Å². The number of likely N-dealkylation sites (N-methyl/N-ethyl adjacent to an activating group) is 1. The van der Waals surface area contributed by atoms with Gasteiger partial charge in [0.05, 0.1) is 26.3 Å². The van der Waals surface area contributed by atoms with Crippen molar-refractivity contribution in [1.29, 1.82) is 0 Å². The van der Waals surface area contributed by atoms with Gasteiger partial charge in [-0.3, -0.25) is 9.28 Å². The number of nitrogens with zero attached hydrogens (tertiary/aromatic N) is 1. The maximum Gasteiger partial charge on any atom is 0.195 e. The number of fused-ring (bicyclic) bond motifs is 2. The number of aliphatic hydroxyl groups excluding tert-OH is 1. The Morgan fingerprint density at radius 3 is 2.50 bits per heavy atom. The molecule has 0 aliphatic rings. The summed E-state index contributed by atoms with van der Waals surface area (Å²) in [6.45, 7) is 7.98. The first-order valence-corrected chi connectivity index (χ1v) is 9.92. The van der Waals surface area contributed by atoms with Gasteiger partial charge in [-0.15, -0.1) is 11.3 Å². The molecule has 0 spiro atoms. The van der Waals surface area contributed by atoms with Gasteiger partial charge in [-0.05, 0) is 43.7 Å². The minimum atomic E-state index is 0.0868. The van der Waals surface area contributed by atoms with Crippen molar-refractivity contribution in [3.8, 4) is 0 Å². The Morgan fingerprint density at radius 2 is 1.77 bits per heavy atom. The second kappa shape index (κ2) is 8.27. The third kappa shape index (κ3) is 3.81. The molecule has 0 radical (unpaired) electrons. The molecule has 1 N–H and O–H groups in total. The highest BCUT2D eigenvalue weighted by Crippen LogP contribution is 2.25. The molecule has 0 amide bonds. The topological polar surface area (TPSA) is 46.5 Å². The molecule has 0 saturated heterocycles. The maximum absolute atomic E-state index is 12.8. The maximum atomic E-state index is 12.8. The lowest BCUT2D eigenvalue weighted by Gasteiger charge is -2.35. The van der Waals surface area contributed by atoms with Crippen LogP contribution in [0, 0.1) is 0 Å². The zero-order valence-corrected chi connectivity index (χ0v) is 16.2. The molecule has 0 aliphatic carbocycles. The van der Waals surface area contributed by atoms with E-state index in [9.17, 15) is 9.90 Å². The van der Waals surface area contributed by atoms with E-state index in [2.05, 4.69) is 13.8 Å². The van der Waals surface area contributed by atoms with E-state index in [1.807, 2.05) is 42.5 Å². The first-order valence-electron chi connectivity index (χ1n) is 9.10. The summed E-state index contributed by atoms with van der Waals surface area (Å²) in [6, 6.07) is 13.8. The van der Waals surface area contributed by atoms with E-state index in [1.165, 1.54) is 0 Å². The Bertz CT molecular complexity index is 947. The molecule has 0 saturated carbocycles. The van der Waals surface area contributed by atoms with Gasteiger partial charge in [-0.2, -0.15) is 0 Å². The average Bonchev–Trinajstić information content (AvgIpc) is 2.68. The van der Waals surface area contributed by atoms with Crippen molar-refractivity contribution in [3.05, 3.63) is 58.3 Å². The number of hydrogen-bond donors (Lipinski definition) is 1. The third-order valence-corrected chi connectivity index (χ3v) is 6.34. The summed E-state index contributed by atoms with van der Waals surface area (Å²) in [4.78, 5) is 12.8. The van der Waals surface area contributed by atoms with Crippen LogP contribution in [0.4, 0.5) is 0 Å². The highest BCUT2D eigenvalue weighted by molar-refractivity contribution is 7.24. The van der Waals surface area contributed by atoms with Gasteiger partial charge in [0.15, 0.2) is 12.2 Å². The quantitative estimate of drug-likeness (QED) is 0.372. The third-order valence-electron chi connectivity index (χ3n) is 5.19. The van der Waals surface area contributed by atoms with Gasteiger partial charge in [0.1, 0.15) is 6.54 Å². The largest absolute Gasteiger partial charge is 0.391 e. The number of hydrogen-bond acceptors (Lipinski definition) is 4. The van der Waals surface area contributed by atoms with E-state index in [4.69, 9.17) is 4.74 Å². The molecule has 5 heteroatoms. The van der Waals surface area contributed by atoms with Crippen molar-refractivity contribution in [1.82, 2.24) is 0 Å². The summed E-state index contributed by atoms with van der Waals surface area (Å²) in [5, 5.41) is 10.8. The van der Waals surface area contributed by atoms with Crippen molar-refractivity contribution in [2.75, 3.05) is 33.0 Å². The molecule has 3 rings (SSSR count). The molecule has 4 nitrogen and oxygen atoms in total. The van der Waals surface area contributed by atoms with E-state index < -0.39 is 0 Å². The van der Waals surface area contributed by atoms with Crippen LogP contribution in [0.5, 0.6) is 0 Å². The first kappa shape index (κ1) is 19.0. The second-order valence-corrected chi connectivity index (χ2v) is 7.74. The van der Waals surface area contributed by atoms with Gasteiger partial charge in [0.2, 0.25) is 0 Å². The lowest BCUT2D eigenvalue weighted by atomic mass is 10.1. The van der Waals surface area contributed by atoms with Gasteiger partial charge in [0, 0.05) is 20.2 Å². The van der Waals surface area contributed by atoms with Crippen LogP contribution in [-0.4, -0.2) is 42.6 Å². The van der Waals surface area contributed by atoms with Crippen LogP contribution in [0.3, 0.4) is 0 Å². The van der Waals surface area contributed by atoms with Gasteiger partial charge < -0.3 is 9.84 Å². The normalized spacial score (nSPS) is 12.1. The number of quaternary nitrogens is 1. The minimum absolute atomic E-state index is 0.0868. The van der Waals surface area contributed by atoms with Crippen LogP contribution in [0.25, 0.3) is 20.2 Å². The Hall–Kier alpha value is -1.79. The summed E-state index contributed by atoms with van der Waals surface area (Å²) in [5.41, 5.74) is 1.09. The van der Waals surface area contributed by atoms with Crippen molar-refractivity contribution in [3.63, 3.8) is 0 Å². The molecule has 0 unspecified atom stereocenters. The van der Waals surface area contributed by atoms with E-state index in [-0.39, 0.29) is 12.0 Å². The molecule has 1 aromatic heterocycles. The van der Waals surface area contributed by atoms with Crippen LogP contribution >= 0.6 is 11.3 Å². The molecule has 138 valence electrons. The summed E-state index contributed by atoms with van der Waals surface area (Å²) in [7, 11) is 0.